The van der Waals surface area contributed by atoms with E-state index < -0.39 is 0 Å². The minimum absolute atomic E-state index is 0.768. The number of rotatable bonds is 2. The van der Waals surface area contributed by atoms with Gasteiger partial charge in [-0.2, -0.15) is 0 Å². The van der Waals surface area contributed by atoms with Crippen LogP contribution in [-0.2, 0) is 0 Å². The second-order valence-electron chi connectivity index (χ2n) is 2.63. The largest absolute Gasteiger partial charge is 0.379 e. The van der Waals surface area contributed by atoms with Gasteiger partial charge in [0.25, 0.3) is 0 Å². The quantitative estimate of drug-likeness (QED) is 0.656. The lowest BCUT2D eigenvalue weighted by molar-refractivity contribution is 0.00264. The number of para-hydroxylation sites is 1. The highest BCUT2D eigenvalue weighted by molar-refractivity contribution is 5.19. The summed E-state index contributed by atoms with van der Waals surface area (Å²) in [4.78, 5) is 5.47. The summed E-state index contributed by atoms with van der Waals surface area (Å²) in [6.07, 6.45) is 5.09. The molecule has 0 bridgehead atoms. The Morgan fingerprint density at radius 1 is 1.42 bits per heavy atom. The van der Waals surface area contributed by atoms with Gasteiger partial charge < -0.3 is 4.84 Å². The summed E-state index contributed by atoms with van der Waals surface area (Å²) in [5, 5.41) is 1.81. The molecule has 12 heavy (non-hydrogen) atoms. The van der Waals surface area contributed by atoms with Gasteiger partial charge in [-0.15, -0.1) is 0 Å². The van der Waals surface area contributed by atoms with E-state index in [-0.39, 0.29) is 0 Å². The highest BCUT2D eigenvalue weighted by atomic mass is 16.7. The lowest BCUT2D eigenvalue weighted by Crippen LogP contribution is -2.18. The van der Waals surface area contributed by atoms with Crippen molar-refractivity contribution in [2.45, 2.75) is 6.42 Å². The minimum Gasteiger partial charge on any atom is -0.379 e. The molecule has 0 saturated heterocycles. The van der Waals surface area contributed by atoms with Gasteiger partial charge in [0.1, 0.15) is 0 Å². The van der Waals surface area contributed by atoms with Gasteiger partial charge in [0.15, 0.2) is 5.75 Å². The third-order valence-corrected chi connectivity index (χ3v) is 1.68. The van der Waals surface area contributed by atoms with E-state index in [0.29, 0.717) is 0 Å². The minimum atomic E-state index is 0.768. The molecule has 0 unspecified atom stereocenters. The average molecular weight is 160 g/mol. The van der Waals surface area contributed by atoms with Gasteiger partial charge in [-0.05, 0) is 12.5 Å². The van der Waals surface area contributed by atoms with Gasteiger partial charge in [-0.25, -0.2) is 5.06 Å². The molecule has 2 heteroatoms. The Morgan fingerprint density at radius 3 is 3.08 bits per heavy atom. The van der Waals surface area contributed by atoms with Gasteiger partial charge >= 0.3 is 0 Å². The van der Waals surface area contributed by atoms with Crippen LogP contribution in [0, 0.1) is 6.07 Å². The van der Waals surface area contributed by atoms with E-state index in [0.717, 1.165) is 18.7 Å². The van der Waals surface area contributed by atoms with Crippen LogP contribution in [0.5, 0.6) is 5.75 Å². The van der Waals surface area contributed by atoms with Crippen molar-refractivity contribution in [2.24, 2.45) is 0 Å². The molecule has 1 aliphatic rings. The van der Waals surface area contributed by atoms with Crippen molar-refractivity contribution in [1.82, 2.24) is 5.06 Å². The molecule has 0 aliphatic carbocycles. The van der Waals surface area contributed by atoms with Crippen molar-refractivity contribution in [1.29, 1.82) is 0 Å². The van der Waals surface area contributed by atoms with Crippen LogP contribution in [0.4, 0.5) is 0 Å². The highest BCUT2D eigenvalue weighted by Crippen LogP contribution is 2.12. The van der Waals surface area contributed by atoms with Crippen molar-refractivity contribution in [3.8, 4) is 5.75 Å². The van der Waals surface area contributed by atoms with Gasteiger partial charge in [0.05, 0.1) is 6.54 Å². The monoisotopic (exact) mass is 160 g/mol. The fourth-order valence-electron chi connectivity index (χ4n) is 1.10. The van der Waals surface area contributed by atoms with E-state index in [1.807, 2.05) is 35.5 Å². The molecule has 1 radical (unpaired) electrons. The van der Waals surface area contributed by atoms with Gasteiger partial charge in [-0.1, -0.05) is 24.3 Å². The molecule has 0 fully saturated rings. The maximum absolute atomic E-state index is 5.47. The standard InChI is InChI=1S/C10H10NO/c1-2-6-10(7-3-1)12-11-8-4-5-9-11/h1-4,6,8H,5,9H2. The normalized spacial score (nSPS) is 15.2. The summed E-state index contributed by atoms with van der Waals surface area (Å²) in [6.45, 7) is 0.933. The van der Waals surface area contributed by atoms with Crippen LogP contribution in [0.2, 0.25) is 0 Å². The lowest BCUT2D eigenvalue weighted by atomic mass is 10.3. The molecule has 2 rings (SSSR count). The molecule has 0 saturated carbocycles. The molecule has 1 aliphatic heterocycles. The Labute approximate surface area is 72.0 Å². The molecule has 1 aromatic carbocycles. The van der Waals surface area contributed by atoms with Crippen LogP contribution in [0.3, 0.4) is 0 Å². The zero-order valence-corrected chi connectivity index (χ0v) is 6.73. The smallest absolute Gasteiger partial charge is 0.163 e. The molecule has 0 atom stereocenters. The molecule has 0 amide bonds. The molecule has 1 heterocycles. The maximum Gasteiger partial charge on any atom is 0.163 e. The molecule has 1 aromatic rings. The molecule has 2 nitrogen and oxygen atoms in total. The van der Waals surface area contributed by atoms with E-state index in [1.54, 1.807) is 0 Å². The van der Waals surface area contributed by atoms with E-state index in [9.17, 15) is 0 Å². The number of hydrogen-bond donors (Lipinski definition) is 0. The van der Waals surface area contributed by atoms with Crippen LogP contribution in [-0.4, -0.2) is 11.6 Å². The van der Waals surface area contributed by atoms with Crippen LogP contribution in [0.25, 0.3) is 0 Å². The fourth-order valence-corrected chi connectivity index (χ4v) is 1.10. The van der Waals surface area contributed by atoms with Crippen LogP contribution >= 0.6 is 0 Å². The summed E-state index contributed by atoms with van der Waals surface area (Å²) in [5.41, 5.74) is 0. The van der Waals surface area contributed by atoms with Gasteiger partial charge in [-0.3, -0.25) is 0 Å². The summed E-state index contributed by atoms with van der Waals surface area (Å²) in [6, 6.07) is 10.6. The Balaban J connectivity index is 1.99. The van der Waals surface area contributed by atoms with Crippen molar-refractivity contribution in [3.05, 3.63) is 42.6 Å². The second kappa shape index (κ2) is 3.30. The van der Waals surface area contributed by atoms with Crippen molar-refractivity contribution in [2.75, 3.05) is 6.54 Å². The topological polar surface area (TPSA) is 12.5 Å². The molecule has 61 valence electrons. The molecular formula is C10H10NO. The predicted octanol–water partition coefficient (Wildman–Crippen LogP) is 2.00. The summed E-state index contributed by atoms with van der Waals surface area (Å²) >= 11 is 0. The van der Waals surface area contributed by atoms with Gasteiger partial charge in [0.2, 0.25) is 0 Å². The van der Waals surface area contributed by atoms with Crippen LogP contribution in [0.15, 0.2) is 36.5 Å². The fraction of sp³-hybridized carbons (Fsp3) is 0.200. The van der Waals surface area contributed by atoms with Crippen LogP contribution < -0.4 is 4.84 Å². The third kappa shape index (κ3) is 1.59. The zero-order chi connectivity index (χ0) is 8.23. The Morgan fingerprint density at radius 2 is 2.42 bits per heavy atom. The Bertz CT molecular complexity index is 268. The molecule has 0 spiro atoms. The maximum atomic E-state index is 5.47. The Kier molecular flexibility index (Phi) is 1.99. The zero-order valence-electron chi connectivity index (χ0n) is 6.73. The molecule has 0 N–H and O–H groups in total. The first-order valence-corrected chi connectivity index (χ1v) is 4.03. The summed E-state index contributed by atoms with van der Waals surface area (Å²) < 4.78 is 0. The molecular weight excluding hydrogens is 150 g/mol. The lowest BCUT2D eigenvalue weighted by Gasteiger charge is -2.15. The first-order chi connectivity index (χ1) is 5.95. The SMILES string of the molecule is [c]1ccccc1ON1C=CCC1. The second-order valence-corrected chi connectivity index (χ2v) is 2.63. The first kappa shape index (κ1) is 7.22. The highest BCUT2D eigenvalue weighted by Gasteiger charge is 2.04. The van der Waals surface area contributed by atoms with Crippen LogP contribution in [0.1, 0.15) is 6.42 Å². The van der Waals surface area contributed by atoms with Crippen molar-refractivity contribution >= 4 is 0 Å². The number of hydroxylamine groups is 2. The number of nitrogens with zero attached hydrogens (tertiary/aromatic N) is 1. The van der Waals surface area contributed by atoms with E-state index in [2.05, 4.69) is 12.1 Å². The van der Waals surface area contributed by atoms with E-state index >= 15 is 0 Å². The number of hydrogen-bond acceptors (Lipinski definition) is 2. The van der Waals surface area contributed by atoms with E-state index in [4.69, 9.17) is 4.84 Å². The van der Waals surface area contributed by atoms with Crippen molar-refractivity contribution in [3.63, 3.8) is 0 Å². The summed E-state index contributed by atoms with van der Waals surface area (Å²) in [5.74, 6) is 0.768. The van der Waals surface area contributed by atoms with Gasteiger partial charge in [0, 0.05) is 12.3 Å². The summed E-state index contributed by atoms with van der Waals surface area (Å²) in [7, 11) is 0. The van der Waals surface area contributed by atoms with E-state index in [1.165, 1.54) is 0 Å². The average Bonchev–Trinajstić information content (AvgIpc) is 2.59. The molecule has 0 aromatic heterocycles. The third-order valence-electron chi connectivity index (χ3n) is 1.68. The van der Waals surface area contributed by atoms with Crippen molar-refractivity contribution < 1.29 is 4.84 Å². The predicted molar refractivity (Wildman–Crippen MR) is 46.4 cm³/mol. The number of benzene rings is 1. The Hall–Kier alpha value is -1.44. The first-order valence-electron chi connectivity index (χ1n) is 4.03.